The molecule has 0 aromatic carbocycles. The van der Waals surface area contributed by atoms with E-state index in [2.05, 4.69) is 17.2 Å². The maximum atomic E-state index is 11.1. The number of amides is 2. The van der Waals surface area contributed by atoms with E-state index in [1.807, 2.05) is 0 Å². The van der Waals surface area contributed by atoms with Gasteiger partial charge in [0.2, 0.25) is 11.8 Å². The summed E-state index contributed by atoms with van der Waals surface area (Å²) in [6, 6.07) is 0. The third-order valence-corrected chi connectivity index (χ3v) is 1.64. The number of hydrogen-bond acceptors (Lipinski definition) is 3. The van der Waals surface area contributed by atoms with Gasteiger partial charge in [-0.15, -0.1) is 0 Å². The fourth-order valence-corrected chi connectivity index (χ4v) is 0.704. The Morgan fingerprint density at radius 3 is 2.43 bits per heavy atom. The third-order valence-electron chi connectivity index (χ3n) is 1.64. The minimum atomic E-state index is -0.432. The van der Waals surface area contributed by atoms with Crippen LogP contribution in [0.15, 0.2) is 23.9 Å². The first-order valence-corrected chi connectivity index (χ1v) is 4.02. The van der Waals surface area contributed by atoms with Crippen molar-refractivity contribution in [3.63, 3.8) is 0 Å². The van der Waals surface area contributed by atoms with E-state index >= 15 is 0 Å². The highest BCUT2D eigenvalue weighted by atomic mass is 16.3. The average molecular weight is 198 g/mol. The van der Waals surface area contributed by atoms with E-state index < -0.39 is 12.6 Å². The van der Waals surface area contributed by atoms with Crippen molar-refractivity contribution in [2.75, 3.05) is 6.73 Å². The van der Waals surface area contributed by atoms with Gasteiger partial charge in [0.15, 0.2) is 0 Å². The summed E-state index contributed by atoms with van der Waals surface area (Å²) in [6.45, 7) is 5.98. The number of aliphatic hydroxyl groups is 1. The van der Waals surface area contributed by atoms with E-state index in [0.29, 0.717) is 11.3 Å². The molecule has 0 atom stereocenters. The molecular weight excluding hydrogens is 184 g/mol. The number of hydrogen-bond donors (Lipinski definition) is 3. The van der Waals surface area contributed by atoms with E-state index in [1.165, 1.54) is 0 Å². The number of nitrogens with one attached hydrogen (secondary N) is 2. The Labute approximate surface area is 82.5 Å². The zero-order valence-electron chi connectivity index (χ0n) is 8.26. The Bertz CT molecular complexity index is 282. The molecule has 0 rings (SSSR count). The highest BCUT2D eigenvalue weighted by Crippen LogP contribution is 1.99. The van der Waals surface area contributed by atoms with Crippen molar-refractivity contribution in [1.82, 2.24) is 10.6 Å². The van der Waals surface area contributed by atoms with Gasteiger partial charge in [-0.05, 0) is 19.9 Å². The molecule has 5 nitrogen and oxygen atoms in total. The average Bonchev–Trinajstić information content (AvgIpc) is 2.16. The summed E-state index contributed by atoms with van der Waals surface area (Å²) in [5, 5.41) is 13.1. The van der Waals surface area contributed by atoms with Gasteiger partial charge in [-0.25, -0.2) is 0 Å². The molecular formula is C9H14N2O3. The highest BCUT2D eigenvalue weighted by Gasteiger charge is 2.07. The molecule has 0 unspecified atom stereocenters. The van der Waals surface area contributed by atoms with Crippen LogP contribution in [0.4, 0.5) is 0 Å². The lowest BCUT2D eigenvalue weighted by atomic mass is 10.2. The maximum absolute atomic E-state index is 11.1. The summed E-state index contributed by atoms with van der Waals surface area (Å²) in [4.78, 5) is 22.0. The van der Waals surface area contributed by atoms with Gasteiger partial charge in [0, 0.05) is 11.3 Å². The Kier molecular flexibility index (Phi) is 5.24. The molecule has 2 amide bonds. The van der Waals surface area contributed by atoms with Gasteiger partial charge < -0.3 is 15.7 Å². The zero-order chi connectivity index (χ0) is 11.1. The lowest BCUT2D eigenvalue weighted by Gasteiger charge is -2.07. The molecule has 0 saturated carbocycles. The van der Waals surface area contributed by atoms with Crippen LogP contribution in [0.1, 0.15) is 13.8 Å². The van der Waals surface area contributed by atoms with E-state index in [0.717, 1.165) is 6.08 Å². The van der Waals surface area contributed by atoms with E-state index in [4.69, 9.17) is 5.11 Å². The smallest absolute Gasteiger partial charge is 0.250 e. The van der Waals surface area contributed by atoms with E-state index in [9.17, 15) is 9.59 Å². The van der Waals surface area contributed by atoms with Crippen molar-refractivity contribution in [3.05, 3.63) is 23.9 Å². The maximum Gasteiger partial charge on any atom is 0.250 e. The molecule has 0 radical (unpaired) electrons. The number of allylic oxidation sites excluding steroid dienone is 1. The van der Waals surface area contributed by atoms with Crippen LogP contribution in [0, 0.1) is 0 Å². The van der Waals surface area contributed by atoms with Crippen LogP contribution in [0.2, 0.25) is 0 Å². The number of carbonyl (C=O) groups excluding carboxylic acids is 2. The van der Waals surface area contributed by atoms with Gasteiger partial charge in [0.1, 0.15) is 6.73 Å². The Morgan fingerprint density at radius 1 is 1.43 bits per heavy atom. The van der Waals surface area contributed by atoms with Gasteiger partial charge in [-0.1, -0.05) is 6.58 Å². The molecule has 14 heavy (non-hydrogen) atoms. The Morgan fingerprint density at radius 2 is 2.00 bits per heavy atom. The summed E-state index contributed by atoms with van der Waals surface area (Å²) in [5.41, 5.74) is 0.773. The predicted octanol–water partition coefficient (Wildman–Crippen LogP) is -0.352. The molecule has 0 saturated heterocycles. The molecule has 78 valence electrons. The van der Waals surface area contributed by atoms with Crippen LogP contribution in [0.25, 0.3) is 0 Å². The van der Waals surface area contributed by atoms with E-state index in [-0.39, 0.29) is 5.91 Å². The van der Waals surface area contributed by atoms with Crippen molar-refractivity contribution in [3.8, 4) is 0 Å². The minimum absolute atomic E-state index is 0.342. The van der Waals surface area contributed by atoms with E-state index in [1.54, 1.807) is 13.8 Å². The second-order valence-electron chi connectivity index (χ2n) is 2.61. The number of rotatable bonds is 4. The first-order chi connectivity index (χ1) is 6.52. The molecule has 0 bridgehead atoms. The van der Waals surface area contributed by atoms with Crippen LogP contribution in [-0.2, 0) is 9.59 Å². The summed E-state index contributed by atoms with van der Waals surface area (Å²) in [5.74, 6) is -0.798. The molecule has 0 aliphatic heterocycles. The van der Waals surface area contributed by atoms with Crippen molar-refractivity contribution >= 4 is 11.8 Å². The van der Waals surface area contributed by atoms with Crippen molar-refractivity contribution in [2.45, 2.75) is 13.8 Å². The molecule has 3 N–H and O–H groups in total. The first-order valence-electron chi connectivity index (χ1n) is 4.02. The van der Waals surface area contributed by atoms with Gasteiger partial charge in [-0.3, -0.25) is 9.59 Å². The standard InChI is InChI=1S/C9H14N2O3/c1-4-8(13)11-7(3)6(2)9(14)10-5-12/h4,12H,1,5H2,2-3H3,(H,10,14)(H,11,13). The van der Waals surface area contributed by atoms with Gasteiger partial charge in [0.05, 0.1) is 0 Å². The quantitative estimate of drug-likeness (QED) is 0.426. The van der Waals surface area contributed by atoms with Crippen molar-refractivity contribution in [1.29, 1.82) is 0 Å². The summed E-state index contributed by atoms with van der Waals surface area (Å²) >= 11 is 0. The number of aliphatic hydroxyl groups excluding tert-OH is 1. The molecule has 0 aliphatic carbocycles. The molecule has 0 spiro atoms. The van der Waals surface area contributed by atoms with Gasteiger partial charge in [0.25, 0.3) is 0 Å². The van der Waals surface area contributed by atoms with Crippen LogP contribution in [0.3, 0.4) is 0 Å². The summed E-state index contributed by atoms with van der Waals surface area (Å²) < 4.78 is 0. The SMILES string of the molecule is C=CC(=O)NC(C)=C(C)C(=O)NCO. The van der Waals surface area contributed by atoms with Crippen LogP contribution in [0.5, 0.6) is 0 Å². The van der Waals surface area contributed by atoms with Crippen molar-refractivity contribution in [2.24, 2.45) is 0 Å². The topological polar surface area (TPSA) is 78.4 Å². The molecule has 5 heteroatoms. The summed E-state index contributed by atoms with van der Waals surface area (Å²) in [7, 11) is 0. The second-order valence-corrected chi connectivity index (χ2v) is 2.61. The molecule has 0 aromatic rings. The second kappa shape index (κ2) is 5.93. The normalized spacial score (nSPS) is 11.4. The third kappa shape index (κ3) is 3.86. The molecule has 0 aromatic heterocycles. The number of carbonyl (C=O) groups is 2. The van der Waals surface area contributed by atoms with Gasteiger partial charge in [-0.2, -0.15) is 0 Å². The lowest BCUT2D eigenvalue weighted by Crippen LogP contribution is -2.28. The predicted molar refractivity (Wildman–Crippen MR) is 51.9 cm³/mol. The molecule has 0 heterocycles. The van der Waals surface area contributed by atoms with Gasteiger partial charge >= 0.3 is 0 Å². The fraction of sp³-hybridized carbons (Fsp3) is 0.333. The lowest BCUT2D eigenvalue weighted by molar-refractivity contribution is -0.118. The fourth-order valence-electron chi connectivity index (χ4n) is 0.704. The molecule has 0 aliphatic rings. The van der Waals surface area contributed by atoms with Crippen LogP contribution in [-0.4, -0.2) is 23.7 Å². The monoisotopic (exact) mass is 198 g/mol. The zero-order valence-corrected chi connectivity index (χ0v) is 8.26. The Balaban J connectivity index is 4.49. The first kappa shape index (κ1) is 12.4. The highest BCUT2D eigenvalue weighted by molar-refractivity contribution is 5.95. The minimum Gasteiger partial charge on any atom is -0.376 e. The largest absolute Gasteiger partial charge is 0.376 e. The molecule has 0 fully saturated rings. The van der Waals surface area contributed by atoms with Crippen LogP contribution < -0.4 is 10.6 Å². The Hall–Kier alpha value is -1.62. The van der Waals surface area contributed by atoms with Crippen LogP contribution >= 0.6 is 0 Å². The van der Waals surface area contributed by atoms with Crippen molar-refractivity contribution < 1.29 is 14.7 Å². The summed E-state index contributed by atoms with van der Waals surface area (Å²) in [6.07, 6.45) is 1.11.